The summed E-state index contributed by atoms with van der Waals surface area (Å²) in [6.45, 7) is 6.05. The molecule has 0 unspecified atom stereocenters. The molecule has 8 nitrogen and oxygen atoms in total. The van der Waals surface area contributed by atoms with Gasteiger partial charge in [-0.3, -0.25) is 20.2 Å². The quantitative estimate of drug-likeness (QED) is 0.478. The summed E-state index contributed by atoms with van der Waals surface area (Å²) in [4.78, 5) is 42.7. The zero-order valence-electron chi connectivity index (χ0n) is 17.6. The molecule has 1 atom stereocenters. The minimum absolute atomic E-state index is 0.195. The molecule has 3 aliphatic rings. The first kappa shape index (κ1) is 19.4. The highest BCUT2D eigenvalue weighted by Gasteiger charge is 2.60. The Morgan fingerprint density at radius 1 is 1.00 bits per heavy atom. The Bertz CT molecular complexity index is 1110. The predicted octanol–water partition coefficient (Wildman–Crippen LogP) is 1.49. The molecule has 4 amide bonds. The minimum Gasteiger partial charge on any atom is -0.399 e. The molecule has 2 saturated heterocycles. The fourth-order valence-corrected chi connectivity index (χ4v) is 5.26. The molecule has 0 radical (unpaired) electrons. The van der Waals surface area contributed by atoms with E-state index in [0.717, 1.165) is 23.5 Å². The van der Waals surface area contributed by atoms with Gasteiger partial charge >= 0.3 is 6.03 Å². The molecule has 3 heterocycles. The van der Waals surface area contributed by atoms with Crippen molar-refractivity contribution < 1.29 is 14.4 Å². The van der Waals surface area contributed by atoms with Crippen molar-refractivity contribution in [2.75, 3.05) is 35.2 Å². The molecule has 5 rings (SSSR count). The number of barbiturate groups is 1. The second-order valence-electron chi connectivity index (χ2n) is 8.65. The van der Waals surface area contributed by atoms with Gasteiger partial charge in [-0.2, -0.15) is 0 Å². The van der Waals surface area contributed by atoms with Crippen LogP contribution >= 0.6 is 0 Å². The Morgan fingerprint density at radius 2 is 1.74 bits per heavy atom. The van der Waals surface area contributed by atoms with Crippen LogP contribution in [0.5, 0.6) is 0 Å². The van der Waals surface area contributed by atoms with Gasteiger partial charge in [0.25, 0.3) is 0 Å². The Hall–Kier alpha value is -3.55. The molecule has 1 spiro atoms. The first-order valence-corrected chi connectivity index (χ1v) is 10.4. The highest BCUT2D eigenvalue weighted by Crippen LogP contribution is 2.45. The van der Waals surface area contributed by atoms with Crippen molar-refractivity contribution in [3.8, 4) is 0 Å². The number of benzene rings is 2. The summed E-state index contributed by atoms with van der Waals surface area (Å²) in [6, 6.07) is 10.6. The zero-order chi connectivity index (χ0) is 21.9. The molecule has 2 aromatic carbocycles. The summed E-state index contributed by atoms with van der Waals surface area (Å²) in [5.74, 6) is -1.10. The molecular formula is C23H25N5O3. The number of anilines is 3. The molecule has 2 aromatic rings. The van der Waals surface area contributed by atoms with Crippen LogP contribution in [0.15, 0.2) is 36.4 Å². The predicted molar refractivity (Wildman–Crippen MR) is 118 cm³/mol. The summed E-state index contributed by atoms with van der Waals surface area (Å²) in [5, 5.41) is 4.68. The number of fused-ring (bicyclic) bond motifs is 4. The van der Waals surface area contributed by atoms with Gasteiger partial charge in [-0.25, -0.2) is 4.79 Å². The Labute approximate surface area is 180 Å². The topological polar surface area (TPSA) is 108 Å². The third-order valence-electron chi connectivity index (χ3n) is 7.01. The van der Waals surface area contributed by atoms with E-state index in [2.05, 4.69) is 46.4 Å². The summed E-state index contributed by atoms with van der Waals surface area (Å²) >= 11 is 0. The van der Waals surface area contributed by atoms with Crippen LogP contribution in [0.3, 0.4) is 0 Å². The number of piperazine rings is 1. The Kier molecular flexibility index (Phi) is 4.22. The number of nitrogens with zero attached hydrogens (tertiary/aromatic N) is 2. The van der Waals surface area contributed by atoms with Gasteiger partial charge in [0.2, 0.25) is 11.8 Å². The number of hydrogen-bond donors (Lipinski definition) is 3. The number of nitrogens with two attached hydrogens (primary N) is 1. The largest absolute Gasteiger partial charge is 0.399 e. The van der Waals surface area contributed by atoms with Crippen molar-refractivity contribution in [1.82, 2.24) is 10.6 Å². The van der Waals surface area contributed by atoms with E-state index in [1.807, 2.05) is 24.3 Å². The Balaban J connectivity index is 1.63. The van der Waals surface area contributed by atoms with Gasteiger partial charge in [0.05, 0.1) is 6.04 Å². The number of carbonyl (C=O) groups excluding carboxylic acids is 3. The molecular weight excluding hydrogens is 394 g/mol. The van der Waals surface area contributed by atoms with Crippen molar-refractivity contribution in [1.29, 1.82) is 0 Å². The smallest absolute Gasteiger partial charge is 0.328 e. The van der Waals surface area contributed by atoms with Crippen LogP contribution in [0.25, 0.3) is 0 Å². The van der Waals surface area contributed by atoms with Crippen LogP contribution in [-0.2, 0) is 16.0 Å². The molecule has 0 aromatic heterocycles. The second-order valence-corrected chi connectivity index (χ2v) is 8.65. The van der Waals surface area contributed by atoms with E-state index in [1.54, 1.807) is 0 Å². The molecule has 31 heavy (non-hydrogen) atoms. The van der Waals surface area contributed by atoms with E-state index in [1.165, 1.54) is 11.1 Å². The van der Waals surface area contributed by atoms with Crippen molar-refractivity contribution in [3.63, 3.8) is 0 Å². The van der Waals surface area contributed by atoms with E-state index >= 15 is 0 Å². The molecule has 8 heteroatoms. The summed E-state index contributed by atoms with van der Waals surface area (Å²) in [5.41, 5.74) is 10.5. The minimum atomic E-state index is -1.41. The van der Waals surface area contributed by atoms with E-state index in [4.69, 9.17) is 5.73 Å². The molecule has 0 bridgehead atoms. The number of carbonyl (C=O) groups is 3. The van der Waals surface area contributed by atoms with Gasteiger partial charge in [-0.1, -0.05) is 12.1 Å². The SMILES string of the molecule is Cc1cccc(N2CCN3c4ccc(N)cc4CC4(C(=O)NC(=O)NC4=O)[C@@H]3C2)c1C. The zero-order valence-corrected chi connectivity index (χ0v) is 17.6. The van der Waals surface area contributed by atoms with Crippen molar-refractivity contribution in [3.05, 3.63) is 53.1 Å². The Morgan fingerprint density at radius 3 is 2.48 bits per heavy atom. The molecule has 3 aliphatic heterocycles. The lowest BCUT2D eigenvalue weighted by Gasteiger charge is -2.54. The van der Waals surface area contributed by atoms with Crippen LogP contribution in [-0.4, -0.2) is 43.5 Å². The lowest BCUT2D eigenvalue weighted by Crippen LogP contribution is -2.74. The van der Waals surface area contributed by atoms with E-state index in [9.17, 15) is 14.4 Å². The van der Waals surface area contributed by atoms with Gasteiger partial charge in [-0.15, -0.1) is 0 Å². The van der Waals surface area contributed by atoms with Gasteiger partial charge in [0.1, 0.15) is 0 Å². The standard InChI is InChI=1S/C23H25N5O3/c1-13-4-3-5-17(14(13)2)27-8-9-28-18-7-6-16(24)10-15(18)11-23(19(28)12-27)20(29)25-22(31)26-21(23)30/h3-7,10,19H,8-9,11-12,24H2,1-2H3,(H2,25,26,29,30,31)/t19-/m0/s1. The third-order valence-corrected chi connectivity index (χ3v) is 7.01. The highest BCUT2D eigenvalue weighted by atomic mass is 16.2. The van der Waals surface area contributed by atoms with Crippen LogP contribution in [0.1, 0.15) is 16.7 Å². The number of nitrogen functional groups attached to an aromatic ring is 1. The lowest BCUT2D eigenvalue weighted by molar-refractivity contribution is -0.146. The normalized spacial score (nSPS) is 22.0. The second kappa shape index (κ2) is 6.73. The maximum absolute atomic E-state index is 13.2. The number of imide groups is 2. The van der Waals surface area contributed by atoms with Gasteiger partial charge in [-0.05, 0) is 61.2 Å². The van der Waals surface area contributed by atoms with Gasteiger partial charge in [0.15, 0.2) is 5.41 Å². The average Bonchev–Trinajstić information content (AvgIpc) is 2.73. The molecule has 160 valence electrons. The number of urea groups is 1. The van der Waals surface area contributed by atoms with Crippen LogP contribution in [0, 0.1) is 19.3 Å². The number of nitrogens with one attached hydrogen (secondary N) is 2. The number of rotatable bonds is 1. The first-order chi connectivity index (χ1) is 14.8. The maximum atomic E-state index is 13.2. The number of amides is 4. The fraction of sp³-hybridized carbons (Fsp3) is 0.348. The van der Waals surface area contributed by atoms with E-state index in [-0.39, 0.29) is 6.42 Å². The first-order valence-electron chi connectivity index (χ1n) is 10.4. The van der Waals surface area contributed by atoms with Crippen molar-refractivity contribution in [2.45, 2.75) is 26.3 Å². The van der Waals surface area contributed by atoms with Gasteiger partial charge < -0.3 is 15.5 Å². The lowest BCUT2D eigenvalue weighted by atomic mass is 9.68. The van der Waals surface area contributed by atoms with E-state index in [0.29, 0.717) is 18.8 Å². The summed E-state index contributed by atoms with van der Waals surface area (Å²) in [6.07, 6.45) is 0.195. The van der Waals surface area contributed by atoms with Crippen LogP contribution < -0.4 is 26.2 Å². The molecule has 2 fully saturated rings. The number of aryl methyl sites for hydroxylation is 1. The highest BCUT2D eigenvalue weighted by molar-refractivity contribution is 6.20. The van der Waals surface area contributed by atoms with Crippen LogP contribution in [0.4, 0.5) is 21.9 Å². The monoisotopic (exact) mass is 419 g/mol. The molecule has 0 aliphatic carbocycles. The molecule has 4 N–H and O–H groups in total. The van der Waals surface area contributed by atoms with Crippen LogP contribution in [0.2, 0.25) is 0 Å². The molecule has 0 saturated carbocycles. The van der Waals surface area contributed by atoms with Gasteiger partial charge in [0, 0.05) is 36.7 Å². The fourth-order valence-electron chi connectivity index (χ4n) is 5.26. The average molecular weight is 419 g/mol. The van der Waals surface area contributed by atoms with E-state index < -0.39 is 29.3 Å². The summed E-state index contributed by atoms with van der Waals surface area (Å²) in [7, 11) is 0. The third kappa shape index (κ3) is 2.78. The van der Waals surface area contributed by atoms with Crippen molar-refractivity contribution in [2.24, 2.45) is 5.41 Å². The maximum Gasteiger partial charge on any atom is 0.328 e. The number of hydrogen-bond acceptors (Lipinski definition) is 6. The summed E-state index contributed by atoms with van der Waals surface area (Å²) < 4.78 is 0. The van der Waals surface area contributed by atoms with Crippen molar-refractivity contribution >= 4 is 34.9 Å².